The SMILES string of the molecule is CC(C)(C)c1ccc(C(=O)NCc2ccc(OCC3CCCO3)cc2)cc1. The average molecular weight is 367 g/mol. The van der Waals surface area contributed by atoms with Crippen LogP contribution >= 0.6 is 0 Å². The Balaban J connectivity index is 1.48. The van der Waals surface area contributed by atoms with Crippen molar-refractivity contribution in [2.75, 3.05) is 13.2 Å². The predicted molar refractivity (Wildman–Crippen MR) is 107 cm³/mol. The fourth-order valence-corrected chi connectivity index (χ4v) is 3.07. The lowest BCUT2D eigenvalue weighted by molar-refractivity contribution is 0.0679. The van der Waals surface area contributed by atoms with Gasteiger partial charge in [-0.3, -0.25) is 4.79 Å². The maximum atomic E-state index is 12.3. The number of hydrogen-bond donors (Lipinski definition) is 1. The Morgan fingerprint density at radius 1 is 1.11 bits per heavy atom. The summed E-state index contributed by atoms with van der Waals surface area (Å²) in [6.45, 7) is 8.42. The number of carbonyl (C=O) groups excluding carboxylic acids is 1. The van der Waals surface area contributed by atoms with Gasteiger partial charge in [-0.05, 0) is 53.6 Å². The fraction of sp³-hybridized carbons (Fsp3) is 0.435. The van der Waals surface area contributed by atoms with Crippen LogP contribution in [0.4, 0.5) is 0 Å². The van der Waals surface area contributed by atoms with Gasteiger partial charge in [-0.2, -0.15) is 0 Å². The van der Waals surface area contributed by atoms with Gasteiger partial charge < -0.3 is 14.8 Å². The summed E-state index contributed by atoms with van der Waals surface area (Å²) in [6.07, 6.45) is 2.40. The maximum absolute atomic E-state index is 12.3. The van der Waals surface area contributed by atoms with Crippen LogP contribution in [-0.2, 0) is 16.7 Å². The third-order valence-corrected chi connectivity index (χ3v) is 4.85. The Hall–Kier alpha value is -2.33. The smallest absolute Gasteiger partial charge is 0.251 e. The summed E-state index contributed by atoms with van der Waals surface area (Å²) in [5, 5.41) is 2.97. The van der Waals surface area contributed by atoms with Gasteiger partial charge in [0.15, 0.2) is 0 Å². The van der Waals surface area contributed by atoms with E-state index in [1.54, 1.807) is 0 Å². The van der Waals surface area contributed by atoms with Crippen molar-refractivity contribution in [2.45, 2.75) is 51.7 Å². The topological polar surface area (TPSA) is 47.6 Å². The zero-order chi connectivity index (χ0) is 19.3. The second-order valence-corrected chi connectivity index (χ2v) is 8.10. The van der Waals surface area contributed by atoms with Crippen molar-refractivity contribution in [3.05, 3.63) is 65.2 Å². The highest BCUT2D eigenvalue weighted by molar-refractivity contribution is 5.94. The maximum Gasteiger partial charge on any atom is 0.251 e. The standard InChI is InChI=1S/C23H29NO3/c1-23(2,3)19-10-8-18(9-11-19)22(25)24-15-17-6-12-20(13-7-17)27-16-21-5-4-14-26-21/h6-13,21H,4-5,14-16H2,1-3H3,(H,24,25). The molecule has 2 aromatic rings. The van der Waals surface area contributed by atoms with Crippen LogP contribution in [-0.4, -0.2) is 25.2 Å². The van der Waals surface area contributed by atoms with Crippen molar-refractivity contribution in [2.24, 2.45) is 0 Å². The van der Waals surface area contributed by atoms with E-state index in [1.807, 2.05) is 48.5 Å². The quantitative estimate of drug-likeness (QED) is 0.819. The van der Waals surface area contributed by atoms with Crippen molar-refractivity contribution in [3.63, 3.8) is 0 Å². The molecule has 1 aliphatic rings. The van der Waals surface area contributed by atoms with E-state index in [4.69, 9.17) is 9.47 Å². The second kappa shape index (κ2) is 8.57. The minimum atomic E-state index is -0.0610. The van der Waals surface area contributed by atoms with Gasteiger partial charge in [0.25, 0.3) is 5.91 Å². The van der Waals surface area contributed by atoms with Gasteiger partial charge in [0.2, 0.25) is 0 Å². The zero-order valence-corrected chi connectivity index (χ0v) is 16.5. The van der Waals surface area contributed by atoms with E-state index in [1.165, 1.54) is 5.56 Å². The van der Waals surface area contributed by atoms with Gasteiger partial charge in [0.1, 0.15) is 12.4 Å². The molecule has 1 atom stereocenters. The number of ether oxygens (including phenoxy) is 2. The van der Waals surface area contributed by atoms with E-state index < -0.39 is 0 Å². The largest absolute Gasteiger partial charge is 0.491 e. The molecule has 1 unspecified atom stereocenters. The van der Waals surface area contributed by atoms with E-state index in [0.717, 1.165) is 30.8 Å². The van der Waals surface area contributed by atoms with Gasteiger partial charge in [-0.25, -0.2) is 0 Å². The zero-order valence-electron chi connectivity index (χ0n) is 16.5. The Bertz CT molecular complexity index is 739. The molecule has 1 amide bonds. The average Bonchev–Trinajstić information content (AvgIpc) is 3.18. The summed E-state index contributed by atoms with van der Waals surface area (Å²) in [5.74, 6) is 0.771. The lowest BCUT2D eigenvalue weighted by atomic mass is 9.87. The monoisotopic (exact) mass is 367 g/mol. The molecule has 2 aromatic carbocycles. The first kappa shape index (κ1) is 19.4. The second-order valence-electron chi connectivity index (χ2n) is 8.10. The Morgan fingerprint density at radius 2 is 1.81 bits per heavy atom. The van der Waals surface area contributed by atoms with Gasteiger partial charge in [-0.1, -0.05) is 45.0 Å². The van der Waals surface area contributed by atoms with Crippen molar-refractivity contribution in [1.29, 1.82) is 0 Å². The molecule has 0 radical (unpaired) electrons. The molecule has 1 fully saturated rings. The Labute approximate surface area is 161 Å². The van der Waals surface area contributed by atoms with Crippen molar-refractivity contribution >= 4 is 5.91 Å². The van der Waals surface area contributed by atoms with Crippen LogP contribution in [0.2, 0.25) is 0 Å². The van der Waals surface area contributed by atoms with Gasteiger partial charge in [-0.15, -0.1) is 0 Å². The van der Waals surface area contributed by atoms with Crippen LogP contribution in [0.15, 0.2) is 48.5 Å². The third-order valence-electron chi connectivity index (χ3n) is 4.85. The molecular weight excluding hydrogens is 338 g/mol. The molecule has 0 aromatic heterocycles. The van der Waals surface area contributed by atoms with Gasteiger partial charge in [0.05, 0.1) is 6.10 Å². The summed E-state index contributed by atoms with van der Waals surface area (Å²) in [7, 11) is 0. The third kappa shape index (κ3) is 5.57. The summed E-state index contributed by atoms with van der Waals surface area (Å²) < 4.78 is 11.3. The molecule has 1 aliphatic heterocycles. The van der Waals surface area contributed by atoms with Crippen molar-refractivity contribution in [3.8, 4) is 5.75 Å². The Morgan fingerprint density at radius 3 is 2.41 bits per heavy atom. The number of rotatable bonds is 6. The highest BCUT2D eigenvalue weighted by Gasteiger charge is 2.16. The molecule has 27 heavy (non-hydrogen) atoms. The molecule has 0 aliphatic carbocycles. The minimum Gasteiger partial charge on any atom is -0.491 e. The molecule has 4 heteroatoms. The van der Waals surface area contributed by atoms with Gasteiger partial charge >= 0.3 is 0 Å². The predicted octanol–water partition coefficient (Wildman–Crippen LogP) is 4.47. The first-order chi connectivity index (χ1) is 12.9. The first-order valence-corrected chi connectivity index (χ1v) is 9.64. The molecule has 3 rings (SSSR count). The number of hydrogen-bond acceptors (Lipinski definition) is 3. The molecule has 1 N–H and O–H groups in total. The molecule has 0 bridgehead atoms. The van der Waals surface area contributed by atoms with Crippen LogP contribution in [0.5, 0.6) is 5.75 Å². The number of carbonyl (C=O) groups is 1. The Kier molecular flexibility index (Phi) is 6.17. The van der Waals surface area contributed by atoms with E-state index >= 15 is 0 Å². The summed E-state index contributed by atoms with van der Waals surface area (Å²) in [6, 6.07) is 15.7. The highest BCUT2D eigenvalue weighted by Crippen LogP contribution is 2.22. The van der Waals surface area contributed by atoms with Crippen LogP contribution in [0.3, 0.4) is 0 Å². The van der Waals surface area contributed by atoms with Gasteiger partial charge in [0, 0.05) is 18.7 Å². The van der Waals surface area contributed by atoms with Crippen LogP contribution < -0.4 is 10.1 Å². The first-order valence-electron chi connectivity index (χ1n) is 9.64. The minimum absolute atomic E-state index is 0.0610. The van der Waals surface area contributed by atoms with E-state index in [2.05, 4.69) is 26.1 Å². The molecule has 1 saturated heterocycles. The van der Waals surface area contributed by atoms with Crippen LogP contribution in [0.1, 0.15) is 55.1 Å². The normalized spacial score (nSPS) is 16.9. The highest BCUT2D eigenvalue weighted by atomic mass is 16.5. The lowest BCUT2D eigenvalue weighted by Gasteiger charge is -2.19. The van der Waals surface area contributed by atoms with Crippen molar-refractivity contribution in [1.82, 2.24) is 5.32 Å². The van der Waals surface area contributed by atoms with Crippen LogP contribution in [0.25, 0.3) is 0 Å². The summed E-state index contributed by atoms with van der Waals surface area (Å²) >= 11 is 0. The van der Waals surface area contributed by atoms with Crippen LogP contribution in [0, 0.1) is 0 Å². The number of nitrogens with one attached hydrogen (secondary N) is 1. The molecule has 1 heterocycles. The lowest BCUT2D eigenvalue weighted by Crippen LogP contribution is -2.23. The van der Waals surface area contributed by atoms with E-state index in [0.29, 0.717) is 18.7 Å². The fourth-order valence-electron chi connectivity index (χ4n) is 3.07. The van der Waals surface area contributed by atoms with E-state index in [9.17, 15) is 4.79 Å². The molecule has 4 nitrogen and oxygen atoms in total. The molecular formula is C23H29NO3. The summed E-state index contributed by atoms with van der Waals surface area (Å²) in [4.78, 5) is 12.3. The molecule has 0 spiro atoms. The van der Waals surface area contributed by atoms with E-state index in [-0.39, 0.29) is 17.4 Å². The van der Waals surface area contributed by atoms with Crippen molar-refractivity contribution < 1.29 is 14.3 Å². The summed E-state index contributed by atoms with van der Waals surface area (Å²) in [5.41, 5.74) is 3.03. The molecule has 144 valence electrons. The number of amides is 1. The number of benzene rings is 2. The molecule has 0 saturated carbocycles.